The SMILES string of the molecule is C#C/C(=C\C=C(/C)Cl)C(c1ccc(Cl)cc1)C(Cl)(Cl)Cl. The topological polar surface area (TPSA) is 0 Å². The van der Waals surface area contributed by atoms with Gasteiger partial charge in [0.25, 0.3) is 0 Å². The Balaban J connectivity index is 3.33. The van der Waals surface area contributed by atoms with Crippen LogP contribution in [0.4, 0.5) is 0 Å². The Morgan fingerprint density at radius 3 is 2.15 bits per heavy atom. The van der Waals surface area contributed by atoms with Crippen LogP contribution in [0.1, 0.15) is 18.4 Å². The second kappa shape index (κ2) is 7.64. The van der Waals surface area contributed by atoms with Crippen LogP contribution in [-0.2, 0) is 0 Å². The number of halogens is 5. The van der Waals surface area contributed by atoms with E-state index in [1.165, 1.54) is 0 Å². The lowest BCUT2D eigenvalue weighted by atomic mass is 9.92. The molecule has 0 nitrogen and oxygen atoms in total. The molecule has 1 rings (SSSR count). The predicted octanol–water partition coefficient (Wildman–Crippen LogP) is 6.50. The number of hydrogen-bond acceptors (Lipinski definition) is 0. The van der Waals surface area contributed by atoms with Gasteiger partial charge in [-0.15, -0.1) is 6.42 Å². The average Bonchev–Trinajstić information content (AvgIpc) is 2.34. The first-order valence-corrected chi connectivity index (χ1v) is 7.47. The first-order chi connectivity index (χ1) is 9.25. The van der Waals surface area contributed by atoms with E-state index in [1.54, 1.807) is 43.3 Å². The predicted molar refractivity (Wildman–Crippen MR) is 91.0 cm³/mol. The van der Waals surface area contributed by atoms with Crippen LogP contribution in [0, 0.1) is 12.3 Å². The van der Waals surface area contributed by atoms with E-state index < -0.39 is 9.71 Å². The second-order valence-electron chi connectivity index (χ2n) is 4.05. The zero-order valence-electron chi connectivity index (χ0n) is 10.5. The monoisotopic (exact) mass is 366 g/mol. The van der Waals surface area contributed by atoms with E-state index in [4.69, 9.17) is 64.4 Å². The minimum absolute atomic E-state index is 0.521. The molecule has 0 aliphatic rings. The van der Waals surface area contributed by atoms with Gasteiger partial charge in [-0.05, 0) is 36.8 Å². The van der Waals surface area contributed by atoms with E-state index in [2.05, 4.69) is 5.92 Å². The minimum atomic E-state index is -1.58. The molecule has 0 aromatic heterocycles. The van der Waals surface area contributed by atoms with Crippen LogP contribution in [-0.4, -0.2) is 3.79 Å². The molecular weight excluding hydrogens is 357 g/mol. The summed E-state index contributed by atoms with van der Waals surface area (Å²) in [4.78, 5) is 0. The highest BCUT2D eigenvalue weighted by Crippen LogP contribution is 2.45. The van der Waals surface area contributed by atoms with Gasteiger partial charge in [-0.1, -0.05) is 76.1 Å². The summed E-state index contributed by atoms with van der Waals surface area (Å²) >= 11 is 29.9. The van der Waals surface area contributed by atoms with Crippen molar-refractivity contribution in [2.75, 3.05) is 0 Å². The third kappa shape index (κ3) is 5.24. The molecule has 0 spiro atoms. The molecule has 0 N–H and O–H groups in total. The van der Waals surface area contributed by atoms with Gasteiger partial charge in [0.15, 0.2) is 0 Å². The molecule has 0 fully saturated rings. The van der Waals surface area contributed by atoms with Gasteiger partial charge in [0.05, 0.1) is 5.92 Å². The summed E-state index contributed by atoms with van der Waals surface area (Å²) in [5.74, 6) is 1.97. The van der Waals surface area contributed by atoms with Gasteiger partial charge in [-0.2, -0.15) is 0 Å². The fraction of sp³-hybridized carbons (Fsp3) is 0.200. The summed E-state index contributed by atoms with van der Waals surface area (Å²) in [6.45, 7) is 1.73. The van der Waals surface area contributed by atoms with Crippen molar-refractivity contribution in [3.63, 3.8) is 0 Å². The van der Waals surface area contributed by atoms with Crippen molar-refractivity contribution < 1.29 is 0 Å². The van der Waals surface area contributed by atoms with E-state index in [9.17, 15) is 0 Å². The van der Waals surface area contributed by atoms with Crippen LogP contribution < -0.4 is 0 Å². The quantitative estimate of drug-likeness (QED) is 0.325. The van der Waals surface area contributed by atoms with Crippen molar-refractivity contribution in [3.8, 4) is 12.3 Å². The van der Waals surface area contributed by atoms with Crippen molar-refractivity contribution in [1.29, 1.82) is 0 Å². The minimum Gasteiger partial charge on any atom is -0.115 e. The van der Waals surface area contributed by atoms with Gasteiger partial charge in [0, 0.05) is 15.6 Å². The molecule has 0 aliphatic carbocycles. The molecular formula is C15H11Cl5. The summed E-state index contributed by atoms with van der Waals surface area (Å²) in [5.41, 5.74) is 1.28. The van der Waals surface area contributed by atoms with Crippen molar-refractivity contribution >= 4 is 58.0 Å². The van der Waals surface area contributed by atoms with Gasteiger partial charge < -0.3 is 0 Å². The highest BCUT2D eigenvalue weighted by atomic mass is 35.6. The van der Waals surface area contributed by atoms with E-state index >= 15 is 0 Å². The number of alkyl halides is 3. The Morgan fingerprint density at radius 1 is 1.20 bits per heavy atom. The number of hydrogen-bond donors (Lipinski definition) is 0. The van der Waals surface area contributed by atoms with Crippen molar-refractivity contribution in [2.24, 2.45) is 0 Å². The molecule has 106 valence electrons. The van der Waals surface area contributed by atoms with Crippen molar-refractivity contribution in [2.45, 2.75) is 16.6 Å². The van der Waals surface area contributed by atoms with Gasteiger partial charge >= 0.3 is 0 Å². The molecule has 20 heavy (non-hydrogen) atoms. The first kappa shape index (κ1) is 17.8. The summed E-state index contributed by atoms with van der Waals surface area (Å²) in [6, 6.07) is 6.99. The summed E-state index contributed by atoms with van der Waals surface area (Å²) in [7, 11) is 0. The molecule has 0 aliphatic heterocycles. The van der Waals surface area contributed by atoms with Gasteiger partial charge in [0.2, 0.25) is 3.79 Å². The molecule has 0 amide bonds. The zero-order valence-corrected chi connectivity index (χ0v) is 14.3. The number of allylic oxidation sites excluding steroid dienone is 4. The Kier molecular flexibility index (Phi) is 6.79. The van der Waals surface area contributed by atoms with E-state index in [0.29, 0.717) is 15.6 Å². The van der Waals surface area contributed by atoms with Crippen molar-refractivity contribution in [3.05, 3.63) is 57.6 Å². The maximum Gasteiger partial charge on any atom is 0.201 e. The maximum atomic E-state index is 6.07. The second-order valence-corrected chi connectivity index (χ2v) is 7.45. The van der Waals surface area contributed by atoms with Crippen LogP contribution in [0.3, 0.4) is 0 Å². The average molecular weight is 369 g/mol. The number of terminal acetylenes is 1. The van der Waals surface area contributed by atoms with E-state index in [1.807, 2.05) is 0 Å². The summed E-state index contributed by atoms with van der Waals surface area (Å²) in [5, 5.41) is 1.18. The maximum absolute atomic E-state index is 6.07. The van der Waals surface area contributed by atoms with Gasteiger partial charge in [0.1, 0.15) is 0 Å². The van der Waals surface area contributed by atoms with Crippen LogP contribution in [0.15, 0.2) is 47.0 Å². The lowest BCUT2D eigenvalue weighted by molar-refractivity contribution is 0.845. The molecule has 1 unspecified atom stereocenters. The van der Waals surface area contributed by atoms with Crippen LogP contribution >= 0.6 is 58.0 Å². The van der Waals surface area contributed by atoms with E-state index in [0.717, 1.165) is 5.56 Å². The molecule has 0 bridgehead atoms. The highest BCUT2D eigenvalue weighted by Gasteiger charge is 2.36. The lowest BCUT2D eigenvalue weighted by Gasteiger charge is -2.25. The fourth-order valence-corrected chi connectivity index (χ4v) is 2.55. The van der Waals surface area contributed by atoms with Gasteiger partial charge in [-0.3, -0.25) is 0 Å². The molecule has 1 aromatic carbocycles. The summed E-state index contributed by atoms with van der Waals surface area (Å²) in [6.07, 6.45) is 8.86. The van der Waals surface area contributed by atoms with Crippen LogP contribution in [0.5, 0.6) is 0 Å². The molecule has 0 saturated heterocycles. The van der Waals surface area contributed by atoms with E-state index in [-0.39, 0.29) is 0 Å². The number of rotatable bonds is 3. The molecule has 0 heterocycles. The first-order valence-electron chi connectivity index (χ1n) is 5.58. The zero-order chi connectivity index (χ0) is 15.3. The molecule has 1 atom stereocenters. The van der Waals surface area contributed by atoms with Crippen LogP contribution in [0.25, 0.3) is 0 Å². The summed E-state index contributed by atoms with van der Waals surface area (Å²) < 4.78 is -1.58. The lowest BCUT2D eigenvalue weighted by Crippen LogP contribution is -2.19. The number of benzene rings is 1. The third-order valence-corrected chi connectivity index (χ3v) is 3.53. The third-order valence-electron chi connectivity index (χ3n) is 2.50. The molecule has 5 heteroatoms. The van der Waals surface area contributed by atoms with Crippen molar-refractivity contribution in [1.82, 2.24) is 0 Å². The normalized spacial score (nSPS) is 14.8. The Morgan fingerprint density at radius 2 is 1.75 bits per heavy atom. The highest BCUT2D eigenvalue weighted by molar-refractivity contribution is 6.68. The Hall–Kier alpha value is -0.290. The Labute approximate surface area is 144 Å². The van der Waals surface area contributed by atoms with Crippen LogP contribution in [0.2, 0.25) is 5.02 Å². The fourth-order valence-electron chi connectivity index (χ4n) is 1.63. The Bertz CT molecular complexity index is 551. The smallest absolute Gasteiger partial charge is 0.115 e. The largest absolute Gasteiger partial charge is 0.201 e. The molecule has 0 radical (unpaired) electrons. The molecule has 1 aromatic rings. The standard InChI is InChI=1S/C15H11Cl5/c1-3-11(5-4-10(2)16)14(15(18,19)20)12-6-8-13(17)9-7-12/h1,4-9,14H,2H3/b10-4+,11-5+. The van der Waals surface area contributed by atoms with Gasteiger partial charge in [-0.25, -0.2) is 0 Å². The molecule has 0 saturated carbocycles.